The van der Waals surface area contributed by atoms with Gasteiger partial charge in [-0.25, -0.2) is 4.79 Å². The van der Waals surface area contributed by atoms with E-state index >= 15 is 0 Å². The van der Waals surface area contributed by atoms with Gasteiger partial charge >= 0.3 is 5.97 Å². The van der Waals surface area contributed by atoms with Crippen LogP contribution in [0.2, 0.25) is 0 Å². The maximum absolute atomic E-state index is 12.7. The molecule has 4 nitrogen and oxygen atoms in total. The number of thiophene rings is 1. The Hall–Kier alpha value is -1.36. The molecule has 0 saturated heterocycles. The summed E-state index contributed by atoms with van der Waals surface area (Å²) >= 11 is 1.54. The fourth-order valence-electron chi connectivity index (χ4n) is 2.48. The molecule has 1 aromatic heterocycles. The van der Waals surface area contributed by atoms with Gasteiger partial charge in [-0.1, -0.05) is 47.0 Å². The number of carbonyl (C=O) groups is 2. The molecule has 5 heteroatoms. The van der Waals surface area contributed by atoms with Crippen LogP contribution in [-0.2, 0) is 16.0 Å². The standard InChI is InChI=1S/C19H31NO3S/c1-6-9-10-11-12-20(17(21)14(4)5)18-16(19(22)23-8-3)13-15(7-2)24-18/h13-14H,6-12H2,1-5H3. The third kappa shape index (κ3) is 5.62. The number of esters is 1. The lowest BCUT2D eigenvalue weighted by atomic mass is 10.1. The Morgan fingerprint density at radius 2 is 1.88 bits per heavy atom. The summed E-state index contributed by atoms with van der Waals surface area (Å²) < 4.78 is 5.19. The van der Waals surface area contributed by atoms with E-state index in [9.17, 15) is 9.59 Å². The largest absolute Gasteiger partial charge is 0.462 e. The fourth-order valence-corrected chi connectivity index (χ4v) is 3.59. The van der Waals surface area contributed by atoms with Gasteiger partial charge in [-0.2, -0.15) is 0 Å². The molecule has 24 heavy (non-hydrogen) atoms. The van der Waals surface area contributed by atoms with Crippen molar-refractivity contribution in [2.75, 3.05) is 18.1 Å². The summed E-state index contributed by atoms with van der Waals surface area (Å²) in [6.45, 7) is 10.8. The molecule has 0 aliphatic heterocycles. The first-order valence-corrected chi connectivity index (χ1v) is 9.88. The number of unbranched alkanes of at least 4 members (excludes halogenated alkanes) is 3. The summed E-state index contributed by atoms with van der Waals surface area (Å²) in [7, 11) is 0. The average Bonchev–Trinajstić information content (AvgIpc) is 2.98. The van der Waals surface area contributed by atoms with E-state index in [1.165, 1.54) is 17.8 Å². The minimum absolute atomic E-state index is 0.0709. The second-order valence-corrected chi connectivity index (χ2v) is 7.33. The predicted octanol–water partition coefficient (Wildman–Crippen LogP) is 5.06. The Balaban J connectivity index is 3.12. The second kappa shape index (κ2) is 10.5. The Labute approximate surface area is 150 Å². The Kier molecular flexibility index (Phi) is 9.04. The monoisotopic (exact) mass is 353 g/mol. The highest BCUT2D eigenvalue weighted by Crippen LogP contribution is 2.34. The van der Waals surface area contributed by atoms with Gasteiger partial charge in [0.1, 0.15) is 5.00 Å². The van der Waals surface area contributed by atoms with Crippen LogP contribution in [0.25, 0.3) is 0 Å². The number of rotatable bonds is 10. The molecule has 136 valence electrons. The van der Waals surface area contributed by atoms with Gasteiger partial charge in [-0.3, -0.25) is 4.79 Å². The van der Waals surface area contributed by atoms with Crippen LogP contribution >= 0.6 is 11.3 Å². The lowest BCUT2D eigenvalue weighted by Crippen LogP contribution is -2.35. The lowest BCUT2D eigenvalue weighted by Gasteiger charge is -2.24. The molecular formula is C19H31NO3S. The number of amides is 1. The molecule has 0 aromatic carbocycles. The quantitative estimate of drug-likeness (QED) is 0.436. The normalized spacial score (nSPS) is 10.9. The molecule has 0 fully saturated rings. The van der Waals surface area contributed by atoms with Crippen molar-refractivity contribution < 1.29 is 14.3 Å². The summed E-state index contributed by atoms with van der Waals surface area (Å²) in [4.78, 5) is 27.9. The molecule has 1 rings (SSSR count). The van der Waals surface area contributed by atoms with Crippen molar-refractivity contribution in [3.05, 3.63) is 16.5 Å². The van der Waals surface area contributed by atoms with Crippen molar-refractivity contribution in [3.63, 3.8) is 0 Å². The highest BCUT2D eigenvalue weighted by molar-refractivity contribution is 7.16. The zero-order chi connectivity index (χ0) is 18.1. The molecule has 0 aliphatic carbocycles. The lowest BCUT2D eigenvalue weighted by molar-refractivity contribution is -0.121. The van der Waals surface area contributed by atoms with Crippen LogP contribution in [0.4, 0.5) is 5.00 Å². The van der Waals surface area contributed by atoms with Gasteiger partial charge < -0.3 is 9.64 Å². The molecule has 1 aromatic rings. The van der Waals surface area contributed by atoms with Crippen molar-refractivity contribution in [2.24, 2.45) is 5.92 Å². The summed E-state index contributed by atoms with van der Waals surface area (Å²) in [5.41, 5.74) is 0.531. The molecule has 0 aliphatic rings. The fraction of sp³-hybridized carbons (Fsp3) is 0.684. The number of ether oxygens (including phenoxy) is 1. The van der Waals surface area contributed by atoms with E-state index < -0.39 is 0 Å². The first-order valence-electron chi connectivity index (χ1n) is 9.07. The first kappa shape index (κ1) is 20.7. The van der Waals surface area contributed by atoms with Crippen molar-refractivity contribution >= 4 is 28.2 Å². The SMILES string of the molecule is CCCCCCN(C(=O)C(C)C)c1sc(CC)cc1C(=O)OCC. The first-order chi connectivity index (χ1) is 11.5. The van der Waals surface area contributed by atoms with E-state index in [0.29, 0.717) is 18.7 Å². The van der Waals surface area contributed by atoms with Crippen molar-refractivity contribution in [2.45, 2.75) is 66.7 Å². The van der Waals surface area contributed by atoms with Crippen molar-refractivity contribution in [3.8, 4) is 0 Å². The van der Waals surface area contributed by atoms with Gasteiger partial charge in [0, 0.05) is 17.3 Å². The van der Waals surface area contributed by atoms with Crippen LogP contribution in [0.5, 0.6) is 0 Å². The molecule has 1 amide bonds. The van der Waals surface area contributed by atoms with Crippen molar-refractivity contribution in [1.82, 2.24) is 0 Å². The zero-order valence-corrected chi connectivity index (χ0v) is 16.5. The number of anilines is 1. The van der Waals surface area contributed by atoms with Gasteiger partial charge in [0.2, 0.25) is 5.91 Å². The molecular weight excluding hydrogens is 322 g/mol. The third-order valence-corrected chi connectivity index (χ3v) is 5.15. The van der Waals surface area contributed by atoms with E-state index in [1.54, 1.807) is 11.8 Å². The smallest absolute Gasteiger partial charge is 0.341 e. The summed E-state index contributed by atoms with van der Waals surface area (Å²) in [6.07, 6.45) is 5.22. The Morgan fingerprint density at radius 1 is 1.17 bits per heavy atom. The van der Waals surface area contributed by atoms with Crippen LogP contribution in [0.15, 0.2) is 6.07 Å². The number of nitrogens with zero attached hydrogens (tertiary/aromatic N) is 1. The average molecular weight is 354 g/mol. The molecule has 0 radical (unpaired) electrons. The molecule has 0 spiro atoms. The number of hydrogen-bond donors (Lipinski definition) is 0. The van der Waals surface area contributed by atoms with Gasteiger partial charge in [-0.15, -0.1) is 11.3 Å². The Bertz CT molecular complexity index is 537. The minimum atomic E-state index is -0.335. The molecule has 0 bridgehead atoms. The van der Waals surface area contributed by atoms with Gasteiger partial charge in [0.05, 0.1) is 12.2 Å². The number of carbonyl (C=O) groups excluding carboxylic acids is 2. The third-order valence-electron chi connectivity index (χ3n) is 3.85. The highest BCUT2D eigenvalue weighted by atomic mass is 32.1. The van der Waals surface area contributed by atoms with Crippen LogP contribution in [0, 0.1) is 5.92 Å². The predicted molar refractivity (Wildman–Crippen MR) is 101 cm³/mol. The maximum Gasteiger partial charge on any atom is 0.341 e. The van der Waals surface area contributed by atoms with Crippen LogP contribution in [0.3, 0.4) is 0 Å². The Morgan fingerprint density at radius 3 is 2.42 bits per heavy atom. The van der Waals surface area contributed by atoms with Crippen LogP contribution in [0.1, 0.15) is 75.5 Å². The van der Waals surface area contributed by atoms with E-state index in [0.717, 1.165) is 35.6 Å². The summed E-state index contributed by atoms with van der Waals surface area (Å²) in [5.74, 6) is -0.362. The van der Waals surface area contributed by atoms with Gasteiger partial charge in [0.15, 0.2) is 0 Å². The maximum atomic E-state index is 12.7. The minimum Gasteiger partial charge on any atom is -0.462 e. The van der Waals surface area contributed by atoms with Crippen LogP contribution in [-0.4, -0.2) is 25.0 Å². The molecule has 0 saturated carbocycles. The van der Waals surface area contributed by atoms with Gasteiger partial charge in [0.25, 0.3) is 0 Å². The topological polar surface area (TPSA) is 46.6 Å². The molecule has 1 heterocycles. The molecule has 0 atom stereocenters. The summed E-state index contributed by atoms with van der Waals surface area (Å²) in [5, 5.41) is 0.750. The molecule has 0 N–H and O–H groups in total. The molecule has 0 unspecified atom stereocenters. The van der Waals surface area contributed by atoms with Gasteiger partial charge in [-0.05, 0) is 25.8 Å². The van der Waals surface area contributed by atoms with E-state index in [2.05, 4.69) is 13.8 Å². The van der Waals surface area contributed by atoms with E-state index in [4.69, 9.17) is 4.74 Å². The second-order valence-electron chi connectivity index (χ2n) is 6.21. The van der Waals surface area contributed by atoms with Crippen molar-refractivity contribution in [1.29, 1.82) is 0 Å². The number of aryl methyl sites for hydroxylation is 1. The van der Waals surface area contributed by atoms with E-state index in [1.807, 2.05) is 19.9 Å². The van der Waals surface area contributed by atoms with E-state index in [-0.39, 0.29) is 17.8 Å². The summed E-state index contributed by atoms with van der Waals surface area (Å²) in [6, 6.07) is 1.88. The number of hydrogen-bond acceptors (Lipinski definition) is 4. The zero-order valence-electron chi connectivity index (χ0n) is 15.7. The van der Waals surface area contributed by atoms with Crippen LogP contribution < -0.4 is 4.90 Å². The highest BCUT2D eigenvalue weighted by Gasteiger charge is 2.26.